The quantitative estimate of drug-likeness (QED) is 0.101. The highest BCUT2D eigenvalue weighted by Crippen LogP contribution is 2.08. The number of hydrogen-bond donors (Lipinski definition) is 8. The van der Waals surface area contributed by atoms with Gasteiger partial charge in [0.1, 0.15) is 12.1 Å². The molecule has 0 aliphatic carbocycles. The summed E-state index contributed by atoms with van der Waals surface area (Å²) in [6.45, 7) is 1.57. The third kappa shape index (κ3) is 9.00. The number of carbonyl (C=O) groups is 3. The van der Waals surface area contributed by atoms with Crippen molar-refractivity contribution in [1.82, 2.24) is 21.3 Å². The predicted octanol–water partition coefficient (Wildman–Crippen LogP) is -1.82. The van der Waals surface area contributed by atoms with Gasteiger partial charge >= 0.3 is 5.97 Å². The van der Waals surface area contributed by atoms with Crippen molar-refractivity contribution in [3.63, 3.8) is 0 Å². The molecule has 0 bridgehead atoms. The molecule has 0 unspecified atom stereocenters. The number of carboxylic acids is 1. The van der Waals surface area contributed by atoms with Crippen LogP contribution in [-0.4, -0.2) is 66.6 Å². The number of nitrogens with two attached hydrogens (primary N) is 2. The van der Waals surface area contributed by atoms with Crippen LogP contribution in [0.5, 0.6) is 0 Å². The lowest BCUT2D eigenvalue weighted by molar-refractivity contribution is -0.142. The first kappa shape index (κ1) is 23.6. The van der Waals surface area contributed by atoms with Gasteiger partial charge in [-0.2, -0.15) is 0 Å². The Balaban J connectivity index is 2.62. The van der Waals surface area contributed by atoms with Gasteiger partial charge in [0.15, 0.2) is 5.96 Å². The molecule has 11 nitrogen and oxygen atoms in total. The Labute approximate surface area is 164 Å². The zero-order valence-corrected chi connectivity index (χ0v) is 16.1. The van der Waals surface area contributed by atoms with Gasteiger partial charge in [0.2, 0.25) is 11.8 Å². The van der Waals surface area contributed by atoms with E-state index in [1.807, 2.05) is 0 Å². The summed E-state index contributed by atoms with van der Waals surface area (Å²) in [7, 11) is 0. The number of hydrogen-bond acceptors (Lipinski definition) is 6. The van der Waals surface area contributed by atoms with E-state index < -0.39 is 24.0 Å². The highest BCUT2D eigenvalue weighted by molar-refractivity contribution is 5.91. The minimum Gasteiger partial charge on any atom is -0.480 e. The molecular formula is C17H33N7O4. The van der Waals surface area contributed by atoms with Gasteiger partial charge in [-0.05, 0) is 58.0 Å². The molecule has 0 aromatic carbocycles. The molecule has 1 heterocycles. The highest BCUT2D eigenvalue weighted by atomic mass is 16.4. The van der Waals surface area contributed by atoms with Gasteiger partial charge in [-0.3, -0.25) is 15.0 Å². The minimum absolute atomic E-state index is 0.176. The summed E-state index contributed by atoms with van der Waals surface area (Å²) in [5.74, 6) is -2.11. The molecule has 1 rings (SSSR count). The van der Waals surface area contributed by atoms with Gasteiger partial charge in [-0.25, -0.2) is 4.79 Å². The Morgan fingerprint density at radius 1 is 1.14 bits per heavy atom. The number of carbonyl (C=O) groups excluding carboxylic acids is 2. The smallest absolute Gasteiger partial charge is 0.326 e. The third-order valence-electron chi connectivity index (χ3n) is 4.56. The van der Waals surface area contributed by atoms with Crippen molar-refractivity contribution < 1.29 is 19.5 Å². The van der Waals surface area contributed by atoms with Crippen LogP contribution in [0.4, 0.5) is 0 Å². The molecule has 1 aliphatic rings. The maximum atomic E-state index is 12.6. The molecule has 2 amide bonds. The standard InChI is InChI=1S/C17H33N7O4/c18-8-2-1-5-12(23-14(25)11-6-3-9-21-11)15(26)24-13(16(27)28)7-4-10-22-17(19)20/h11-13,21H,1-10,18H2,(H,23,25)(H,24,26)(H,27,28)(H4,19,20,22)/t11-,12-,13-/m0/s1. The van der Waals surface area contributed by atoms with E-state index >= 15 is 0 Å². The number of unbranched alkanes of at least 4 members (excludes halogenated alkanes) is 1. The van der Waals surface area contributed by atoms with Gasteiger partial charge in [0.05, 0.1) is 6.04 Å². The van der Waals surface area contributed by atoms with Gasteiger partial charge < -0.3 is 37.8 Å². The maximum absolute atomic E-state index is 12.6. The van der Waals surface area contributed by atoms with E-state index in [1.165, 1.54) is 0 Å². The molecule has 3 atom stereocenters. The largest absolute Gasteiger partial charge is 0.480 e. The maximum Gasteiger partial charge on any atom is 0.326 e. The second kappa shape index (κ2) is 12.9. The van der Waals surface area contributed by atoms with Crippen LogP contribution in [-0.2, 0) is 14.4 Å². The SMILES string of the molecule is N=C(N)NCCC[C@H](NC(=O)[C@H](CCCCN)NC(=O)[C@@H]1CCCN1)C(=O)O. The van der Waals surface area contributed by atoms with Crippen molar-refractivity contribution in [3.8, 4) is 0 Å². The first-order valence-electron chi connectivity index (χ1n) is 9.70. The fourth-order valence-electron chi connectivity index (χ4n) is 3.00. The minimum atomic E-state index is -1.15. The monoisotopic (exact) mass is 399 g/mol. The number of rotatable bonds is 13. The van der Waals surface area contributed by atoms with Crippen LogP contribution >= 0.6 is 0 Å². The van der Waals surface area contributed by atoms with Crippen molar-refractivity contribution in [2.45, 2.75) is 63.1 Å². The second-order valence-corrected chi connectivity index (χ2v) is 6.88. The Hall–Kier alpha value is -2.40. The zero-order valence-electron chi connectivity index (χ0n) is 16.1. The van der Waals surface area contributed by atoms with Crippen molar-refractivity contribution in [1.29, 1.82) is 5.41 Å². The lowest BCUT2D eigenvalue weighted by atomic mass is 10.1. The van der Waals surface area contributed by atoms with Gasteiger partial charge in [-0.1, -0.05) is 0 Å². The van der Waals surface area contributed by atoms with E-state index in [0.717, 1.165) is 13.0 Å². The summed E-state index contributed by atoms with van der Waals surface area (Å²) in [5, 5.41) is 27.4. The normalized spacial score (nSPS) is 18.1. The molecule has 0 saturated carbocycles. The summed E-state index contributed by atoms with van der Waals surface area (Å²) in [4.78, 5) is 36.4. The zero-order chi connectivity index (χ0) is 20.9. The van der Waals surface area contributed by atoms with Crippen LogP contribution in [0.1, 0.15) is 44.9 Å². The van der Waals surface area contributed by atoms with Crippen molar-refractivity contribution in [2.24, 2.45) is 11.5 Å². The highest BCUT2D eigenvalue weighted by Gasteiger charge is 2.29. The molecule has 28 heavy (non-hydrogen) atoms. The molecule has 0 radical (unpaired) electrons. The first-order valence-corrected chi connectivity index (χ1v) is 9.70. The molecule has 1 fully saturated rings. The topological polar surface area (TPSA) is 195 Å². The molecular weight excluding hydrogens is 366 g/mol. The molecule has 11 heteroatoms. The van der Waals surface area contributed by atoms with Crippen LogP contribution < -0.4 is 32.7 Å². The van der Waals surface area contributed by atoms with Crippen molar-refractivity contribution in [3.05, 3.63) is 0 Å². The fourth-order valence-corrected chi connectivity index (χ4v) is 3.00. The van der Waals surface area contributed by atoms with Crippen LogP contribution in [0.25, 0.3) is 0 Å². The first-order chi connectivity index (χ1) is 13.3. The van der Waals surface area contributed by atoms with Gasteiger partial charge in [0, 0.05) is 6.54 Å². The number of aliphatic carboxylic acids is 1. The van der Waals surface area contributed by atoms with E-state index in [-0.39, 0.29) is 24.3 Å². The molecule has 0 aromatic rings. The van der Waals surface area contributed by atoms with Gasteiger partial charge in [-0.15, -0.1) is 0 Å². The van der Waals surface area contributed by atoms with E-state index in [9.17, 15) is 19.5 Å². The molecule has 160 valence electrons. The lowest BCUT2D eigenvalue weighted by Crippen LogP contribution is -2.54. The summed E-state index contributed by atoms with van der Waals surface area (Å²) in [6.07, 6.45) is 3.94. The molecule has 1 aliphatic heterocycles. The number of amides is 2. The van der Waals surface area contributed by atoms with E-state index in [2.05, 4.69) is 21.3 Å². The Morgan fingerprint density at radius 3 is 2.43 bits per heavy atom. The number of guanidine groups is 1. The van der Waals surface area contributed by atoms with E-state index in [1.54, 1.807) is 0 Å². The molecule has 0 aromatic heterocycles. The summed E-state index contributed by atoms with van der Waals surface area (Å²) in [6, 6.07) is -2.21. The number of nitrogens with one attached hydrogen (secondary N) is 5. The van der Waals surface area contributed by atoms with Crippen LogP contribution in [0.2, 0.25) is 0 Å². The molecule has 1 saturated heterocycles. The van der Waals surface area contributed by atoms with E-state index in [0.29, 0.717) is 45.2 Å². The van der Waals surface area contributed by atoms with Crippen LogP contribution in [0.15, 0.2) is 0 Å². The Morgan fingerprint density at radius 2 is 1.86 bits per heavy atom. The van der Waals surface area contributed by atoms with Crippen molar-refractivity contribution in [2.75, 3.05) is 19.6 Å². The average Bonchev–Trinajstić information content (AvgIpc) is 3.17. The van der Waals surface area contributed by atoms with Crippen LogP contribution in [0.3, 0.4) is 0 Å². The predicted molar refractivity (Wildman–Crippen MR) is 105 cm³/mol. The average molecular weight is 399 g/mol. The van der Waals surface area contributed by atoms with Crippen molar-refractivity contribution >= 4 is 23.7 Å². The Bertz CT molecular complexity index is 538. The lowest BCUT2D eigenvalue weighted by Gasteiger charge is -2.23. The summed E-state index contributed by atoms with van der Waals surface area (Å²) < 4.78 is 0. The number of carboxylic acid groups (broad SMARTS) is 1. The fraction of sp³-hybridized carbons (Fsp3) is 0.765. The molecule has 0 spiro atoms. The summed E-state index contributed by atoms with van der Waals surface area (Å²) >= 11 is 0. The second-order valence-electron chi connectivity index (χ2n) is 6.88. The third-order valence-corrected chi connectivity index (χ3v) is 4.56. The van der Waals surface area contributed by atoms with E-state index in [4.69, 9.17) is 16.9 Å². The molecule has 10 N–H and O–H groups in total. The van der Waals surface area contributed by atoms with Crippen LogP contribution in [0, 0.1) is 5.41 Å². The van der Waals surface area contributed by atoms with Gasteiger partial charge in [0.25, 0.3) is 0 Å². The summed E-state index contributed by atoms with van der Waals surface area (Å²) in [5.41, 5.74) is 10.7. The Kier molecular flexibility index (Phi) is 10.9.